The quantitative estimate of drug-likeness (QED) is 0.828. The summed E-state index contributed by atoms with van der Waals surface area (Å²) in [6.07, 6.45) is 5.26. The molecule has 110 valence electrons. The highest BCUT2D eigenvalue weighted by Gasteiger charge is 2.31. The number of hydrogen-bond donors (Lipinski definition) is 1. The van der Waals surface area contributed by atoms with Crippen molar-refractivity contribution in [2.24, 2.45) is 5.92 Å². The van der Waals surface area contributed by atoms with Gasteiger partial charge in [-0.1, -0.05) is 38.0 Å². The van der Waals surface area contributed by atoms with E-state index < -0.39 is 0 Å². The van der Waals surface area contributed by atoms with Gasteiger partial charge in [0.2, 0.25) is 0 Å². The molecule has 1 saturated carbocycles. The van der Waals surface area contributed by atoms with E-state index in [1.54, 1.807) is 0 Å². The summed E-state index contributed by atoms with van der Waals surface area (Å²) in [7, 11) is 0. The van der Waals surface area contributed by atoms with Crippen LogP contribution in [0.1, 0.15) is 44.2 Å². The number of benzene rings is 1. The lowest BCUT2D eigenvalue weighted by Crippen LogP contribution is -2.41. The van der Waals surface area contributed by atoms with Gasteiger partial charge in [-0.25, -0.2) is 0 Å². The molecular weight excluding hydrogens is 250 g/mol. The summed E-state index contributed by atoms with van der Waals surface area (Å²) in [5.74, 6) is 1.93. The molecule has 3 heteroatoms. The van der Waals surface area contributed by atoms with Gasteiger partial charge in [-0.05, 0) is 31.4 Å². The van der Waals surface area contributed by atoms with Crippen LogP contribution in [0.25, 0.3) is 0 Å². The van der Waals surface area contributed by atoms with E-state index in [2.05, 4.69) is 30.4 Å². The Balaban J connectivity index is 1.65. The van der Waals surface area contributed by atoms with Gasteiger partial charge in [0, 0.05) is 12.2 Å². The molecular formula is C17H25NO2. The fraction of sp³-hybridized carbons (Fsp3) is 0.647. The number of rotatable bonds is 7. The number of fused-ring (bicyclic) bond motifs is 1. The highest BCUT2D eigenvalue weighted by atomic mass is 16.5. The van der Waals surface area contributed by atoms with Crippen molar-refractivity contribution >= 4 is 0 Å². The normalized spacial score (nSPS) is 25.1. The summed E-state index contributed by atoms with van der Waals surface area (Å²) in [6, 6.07) is 8.58. The molecule has 0 aromatic heterocycles. The van der Waals surface area contributed by atoms with Crippen LogP contribution in [0.5, 0.6) is 5.75 Å². The summed E-state index contributed by atoms with van der Waals surface area (Å²) in [4.78, 5) is 0. The maximum absolute atomic E-state index is 6.11. The van der Waals surface area contributed by atoms with Crippen molar-refractivity contribution < 1.29 is 9.47 Å². The summed E-state index contributed by atoms with van der Waals surface area (Å²) in [5.41, 5.74) is 1.24. The van der Waals surface area contributed by atoms with Gasteiger partial charge in [0.25, 0.3) is 0 Å². The maximum atomic E-state index is 6.11. The monoisotopic (exact) mass is 275 g/mol. The molecule has 1 aromatic carbocycles. The summed E-state index contributed by atoms with van der Waals surface area (Å²) < 4.78 is 12.0. The fourth-order valence-corrected chi connectivity index (χ4v) is 2.82. The van der Waals surface area contributed by atoms with Crippen molar-refractivity contribution in [3.05, 3.63) is 29.8 Å². The molecule has 2 atom stereocenters. The minimum absolute atomic E-state index is 0.134. The van der Waals surface area contributed by atoms with Gasteiger partial charge < -0.3 is 14.8 Å². The van der Waals surface area contributed by atoms with Crippen LogP contribution in [0, 0.1) is 5.92 Å². The Hall–Kier alpha value is -1.06. The Morgan fingerprint density at radius 1 is 1.30 bits per heavy atom. The van der Waals surface area contributed by atoms with E-state index in [-0.39, 0.29) is 12.1 Å². The predicted molar refractivity (Wildman–Crippen MR) is 80.1 cm³/mol. The van der Waals surface area contributed by atoms with Crippen molar-refractivity contribution in [1.82, 2.24) is 5.32 Å². The van der Waals surface area contributed by atoms with Crippen molar-refractivity contribution in [3.63, 3.8) is 0 Å². The highest BCUT2D eigenvalue weighted by Crippen LogP contribution is 2.35. The Morgan fingerprint density at radius 3 is 2.95 bits per heavy atom. The Bertz CT molecular complexity index is 431. The standard InChI is InChI=1S/C17H25NO2/c1-2-10-18-17-14-5-3-4-6-15(14)20-12-16(17)19-11-9-13-7-8-13/h3-6,13,16-18H,2,7-12H2,1H3. The molecule has 1 fully saturated rings. The smallest absolute Gasteiger partial charge is 0.124 e. The van der Waals surface area contributed by atoms with Gasteiger partial charge in [-0.3, -0.25) is 0 Å². The average Bonchev–Trinajstić information content (AvgIpc) is 3.30. The summed E-state index contributed by atoms with van der Waals surface area (Å²) >= 11 is 0. The third-order valence-electron chi connectivity index (χ3n) is 4.20. The lowest BCUT2D eigenvalue weighted by atomic mass is 9.98. The second-order valence-electron chi connectivity index (χ2n) is 5.92. The SMILES string of the molecule is CCCNC1c2ccccc2OCC1OCCC1CC1. The summed E-state index contributed by atoms with van der Waals surface area (Å²) in [6.45, 7) is 4.73. The Labute approximate surface area is 121 Å². The first-order chi connectivity index (χ1) is 9.88. The van der Waals surface area contributed by atoms with Crippen LogP contribution in [-0.2, 0) is 4.74 Å². The molecule has 3 rings (SSSR count). The zero-order valence-corrected chi connectivity index (χ0v) is 12.3. The predicted octanol–water partition coefficient (Wildman–Crippen LogP) is 3.31. The van der Waals surface area contributed by atoms with Gasteiger partial charge in [0.05, 0.1) is 6.04 Å². The lowest BCUT2D eigenvalue weighted by molar-refractivity contribution is -0.0176. The molecule has 1 aliphatic carbocycles. The fourth-order valence-electron chi connectivity index (χ4n) is 2.82. The molecule has 1 aromatic rings. The van der Waals surface area contributed by atoms with Gasteiger partial charge in [0.15, 0.2) is 0 Å². The van der Waals surface area contributed by atoms with Crippen LogP contribution >= 0.6 is 0 Å². The second kappa shape index (κ2) is 6.59. The number of hydrogen-bond acceptors (Lipinski definition) is 3. The molecule has 3 nitrogen and oxygen atoms in total. The van der Waals surface area contributed by atoms with E-state index in [4.69, 9.17) is 9.47 Å². The zero-order valence-electron chi connectivity index (χ0n) is 12.3. The van der Waals surface area contributed by atoms with Crippen LogP contribution in [0.15, 0.2) is 24.3 Å². The molecule has 2 aliphatic rings. The highest BCUT2D eigenvalue weighted by molar-refractivity contribution is 5.38. The minimum atomic E-state index is 0.134. The first kappa shape index (κ1) is 13.9. The molecule has 1 N–H and O–H groups in total. The molecule has 0 saturated heterocycles. The molecule has 20 heavy (non-hydrogen) atoms. The van der Waals surface area contributed by atoms with E-state index in [1.165, 1.54) is 24.8 Å². The number of para-hydroxylation sites is 1. The third-order valence-corrected chi connectivity index (χ3v) is 4.20. The van der Waals surface area contributed by atoms with E-state index in [1.807, 2.05) is 6.07 Å². The molecule has 1 aliphatic heterocycles. The summed E-state index contributed by atoms with van der Waals surface area (Å²) in [5, 5.41) is 3.63. The Morgan fingerprint density at radius 2 is 2.15 bits per heavy atom. The number of nitrogens with one attached hydrogen (secondary N) is 1. The van der Waals surface area contributed by atoms with Crippen molar-refractivity contribution in [2.75, 3.05) is 19.8 Å². The first-order valence-electron chi connectivity index (χ1n) is 7.95. The van der Waals surface area contributed by atoms with E-state index in [9.17, 15) is 0 Å². The molecule has 0 radical (unpaired) electrons. The van der Waals surface area contributed by atoms with Gasteiger partial charge >= 0.3 is 0 Å². The van der Waals surface area contributed by atoms with Gasteiger partial charge in [0.1, 0.15) is 18.5 Å². The van der Waals surface area contributed by atoms with Crippen molar-refractivity contribution in [1.29, 1.82) is 0 Å². The van der Waals surface area contributed by atoms with Crippen LogP contribution in [0.3, 0.4) is 0 Å². The molecule has 0 spiro atoms. The zero-order chi connectivity index (χ0) is 13.8. The third kappa shape index (κ3) is 3.33. The van der Waals surface area contributed by atoms with E-state index in [0.29, 0.717) is 6.61 Å². The van der Waals surface area contributed by atoms with Crippen LogP contribution in [0.4, 0.5) is 0 Å². The van der Waals surface area contributed by atoms with Gasteiger partial charge in [-0.2, -0.15) is 0 Å². The molecule has 1 heterocycles. The minimum Gasteiger partial charge on any atom is -0.490 e. The van der Waals surface area contributed by atoms with Crippen LogP contribution < -0.4 is 10.1 Å². The second-order valence-corrected chi connectivity index (χ2v) is 5.92. The maximum Gasteiger partial charge on any atom is 0.124 e. The van der Waals surface area contributed by atoms with Crippen molar-refractivity contribution in [2.45, 2.75) is 44.8 Å². The molecule has 0 amide bonds. The average molecular weight is 275 g/mol. The molecule has 0 bridgehead atoms. The Kier molecular flexibility index (Phi) is 4.58. The first-order valence-corrected chi connectivity index (χ1v) is 7.95. The largest absolute Gasteiger partial charge is 0.490 e. The molecule has 2 unspecified atom stereocenters. The van der Waals surface area contributed by atoms with Crippen molar-refractivity contribution in [3.8, 4) is 5.75 Å². The van der Waals surface area contributed by atoms with Crippen LogP contribution in [-0.4, -0.2) is 25.9 Å². The van der Waals surface area contributed by atoms with Crippen LogP contribution in [0.2, 0.25) is 0 Å². The topological polar surface area (TPSA) is 30.5 Å². The number of ether oxygens (including phenoxy) is 2. The van der Waals surface area contributed by atoms with E-state index >= 15 is 0 Å². The lowest BCUT2D eigenvalue weighted by Gasteiger charge is -2.34. The van der Waals surface area contributed by atoms with E-state index in [0.717, 1.165) is 31.2 Å². The van der Waals surface area contributed by atoms with Gasteiger partial charge in [-0.15, -0.1) is 0 Å².